The Morgan fingerprint density at radius 2 is 2.00 bits per heavy atom. The summed E-state index contributed by atoms with van der Waals surface area (Å²) < 4.78 is 30.1. The summed E-state index contributed by atoms with van der Waals surface area (Å²) in [4.78, 5) is 13.7. The summed E-state index contributed by atoms with van der Waals surface area (Å²) >= 11 is 0. The first-order valence-electron chi connectivity index (χ1n) is 6.29. The summed E-state index contributed by atoms with van der Waals surface area (Å²) in [5, 5.41) is 3.02. The van der Waals surface area contributed by atoms with E-state index in [4.69, 9.17) is 4.74 Å². The van der Waals surface area contributed by atoms with Gasteiger partial charge in [-0.2, -0.15) is 0 Å². The Labute approximate surface area is 117 Å². The van der Waals surface area contributed by atoms with Gasteiger partial charge in [-0.25, -0.2) is 13.6 Å². The minimum absolute atomic E-state index is 0.106. The van der Waals surface area contributed by atoms with Crippen LogP contribution in [-0.4, -0.2) is 45.2 Å². The number of carbonyl (C=O) groups is 1. The van der Waals surface area contributed by atoms with Crippen LogP contribution in [0.2, 0.25) is 0 Å². The molecular formula is C14H20F2N2O2. The number of hydrogen-bond donors (Lipinski definition) is 1. The molecule has 20 heavy (non-hydrogen) atoms. The Kier molecular flexibility index (Phi) is 6.54. The maximum absolute atomic E-state index is 12.7. The lowest BCUT2D eigenvalue weighted by molar-refractivity contribution is -0.143. The highest BCUT2D eigenvalue weighted by Gasteiger charge is 2.21. The van der Waals surface area contributed by atoms with Crippen LogP contribution in [-0.2, 0) is 9.53 Å². The van der Waals surface area contributed by atoms with Crippen molar-refractivity contribution in [2.45, 2.75) is 12.5 Å². The zero-order valence-electron chi connectivity index (χ0n) is 11.9. The fraction of sp³-hybridized carbons (Fsp3) is 0.500. The van der Waals surface area contributed by atoms with Crippen molar-refractivity contribution < 1.29 is 18.3 Å². The van der Waals surface area contributed by atoms with Gasteiger partial charge in [-0.1, -0.05) is 18.2 Å². The minimum atomic E-state index is -2.56. The number of alkyl halides is 2. The molecule has 0 saturated carbocycles. The number of benzene rings is 1. The molecule has 1 rings (SSSR count). The van der Waals surface area contributed by atoms with Gasteiger partial charge in [-0.05, 0) is 25.7 Å². The number of nitrogens with zero attached hydrogens (tertiary/aromatic N) is 1. The van der Waals surface area contributed by atoms with E-state index in [0.717, 1.165) is 6.54 Å². The van der Waals surface area contributed by atoms with Gasteiger partial charge in [-0.15, -0.1) is 0 Å². The van der Waals surface area contributed by atoms with E-state index < -0.39 is 18.4 Å². The fourth-order valence-electron chi connectivity index (χ4n) is 1.76. The minimum Gasteiger partial charge on any atom is -0.468 e. The van der Waals surface area contributed by atoms with Gasteiger partial charge in [0.1, 0.15) is 6.04 Å². The van der Waals surface area contributed by atoms with Gasteiger partial charge in [0.15, 0.2) is 0 Å². The third-order valence-corrected chi connectivity index (χ3v) is 2.84. The lowest BCUT2D eigenvalue weighted by atomic mass is 10.0. The molecule has 0 radical (unpaired) electrons. The maximum Gasteiger partial charge on any atom is 0.327 e. The number of halogens is 2. The van der Waals surface area contributed by atoms with Crippen LogP contribution in [0.5, 0.6) is 0 Å². The molecule has 1 unspecified atom stereocenters. The molecule has 0 aliphatic rings. The average molecular weight is 286 g/mol. The molecule has 1 aromatic carbocycles. The highest BCUT2D eigenvalue weighted by atomic mass is 19.3. The first-order chi connectivity index (χ1) is 9.45. The van der Waals surface area contributed by atoms with E-state index in [1.807, 2.05) is 19.0 Å². The van der Waals surface area contributed by atoms with Crippen molar-refractivity contribution >= 4 is 5.97 Å². The van der Waals surface area contributed by atoms with E-state index in [1.54, 1.807) is 6.07 Å². The van der Waals surface area contributed by atoms with Crippen LogP contribution >= 0.6 is 0 Å². The predicted molar refractivity (Wildman–Crippen MR) is 72.7 cm³/mol. The van der Waals surface area contributed by atoms with Gasteiger partial charge < -0.3 is 9.64 Å². The van der Waals surface area contributed by atoms with Crippen molar-refractivity contribution in [3.05, 3.63) is 35.4 Å². The molecule has 0 aliphatic heterocycles. The maximum atomic E-state index is 12.7. The summed E-state index contributed by atoms with van der Waals surface area (Å²) in [6, 6.07) is 5.08. The second kappa shape index (κ2) is 7.91. The molecule has 1 aromatic rings. The van der Waals surface area contributed by atoms with Crippen molar-refractivity contribution in [2.75, 3.05) is 34.3 Å². The smallest absolute Gasteiger partial charge is 0.327 e. The molecule has 0 fully saturated rings. The zero-order valence-corrected chi connectivity index (χ0v) is 11.9. The largest absolute Gasteiger partial charge is 0.468 e. The van der Waals surface area contributed by atoms with E-state index in [9.17, 15) is 13.6 Å². The highest BCUT2D eigenvalue weighted by molar-refractivity contribution is 5.77. The normalized spacial score (nSPS) is 12.8. The van der Waals surface area contributed by atoms with Gasteiger partial charge in [0.2, 0.25) is 0 Å². The van der Waals surface area contributed by atoms with E-state index in [-0.39, 0.29) is 5.56 Å². The number of nitrogens with one attached hydrogen (secondary N) is 1. The molecule has 0 aromatic heterocycles. The highest BCUT2D eigenvalue weighted by Crippen LogP contribution is 2.23. The number of hydrogen-bond acceptors (Lipinski definition) is 4. The first kappa shape index (κ1) is 16.5. The molecule has 1 N–H and O–H groups in total. The number of rotatable bonds is 7. The van der Waals surface area contributed by atoms with Gasteiger partial charge in [-0.3, -0.25) is 5.32 Å². The molecule has 0 heterocycles. The van der Waals surface area contributed by atoms with Gasteiger partial charge in [0, 0.05) is 18.7 Å². The standard InChI is InChI=1S/C14H20F2N2O2/c1-18(2)8-7-17-12(14(19)20-3)10-5-4-6-11(9-10)13(15)16/h4-6,9,12-13,17H,7-8H2,1-3H3. The lowest BCUT2D eigenvalue weighted by Crippen LogP contribution is -2.34. The zero-order chi connectivity index (χ0) is 15.1. The van der Waals surface area contributed by atoms with Crippen molar-refractivity contribution in [1.29, 1.82) is 0 Å². The molecule has 0 amide bonds. The second-order valence-corrected chi connectivity index (χ2v) is 4.68. The summed E-state index contributed by atoms with van der Waals surface area (Å²) in [5.41, 5.74) is 0.374. The van der Waals surface area contributed by atoms with Gasteiger partial charge in [0.25, 0.3) is 6.43 Å². The van der Waals surface area contributed by atoms with Crippen LogP contribution in [0.3, 0.4) is 0 Å². The summed E-state index contributed by atoms with van der Waals surface area (Å²) in [5.74, 6) is -0.491. The Bertz CT molecular complexity index is 439. The van der Waals surface area contributed by atoms with Crippen LogP contribution in [0.4, 0.5) is 8.78 Å². The van der Waals surface area contributed by atoms with E-state index >= 15 is 0 Å². The molecule has 112 valence electrons. The fourth-order valence-corrected chi connectivity index (χ4v) is 1.76. The van der Waals surface area contributed by atoms with Crippen LogP contribution in [0.1, 0.15) is 23.6 Å². The first-order valence-corrected chi connectivity index (χ1v) is 6.29. The van der Waals surface area contributed by atoms with Crippen LogP contribution in [0.25, 0.3) is 0 Å². The topological polar surface area (TPSA) is 41.6 Å². The van der Waals surface area contributed by atoms with Crippen molar-refractivity contribution in [3.63, 3.8) is 0 Å². The average Bonchev–Trinajstić information content (AvgIpc) is 2.42. The van der Waals surface area contributed by atoms with Gasteiger partial charge >= 0.3 is 5.97 Å². The Balaban J connectivity index is 2.87. The van der Waals surface area contributed by atoms with E-state index in [0.29, 0.717) is 12.1 Å². The molecular weight excluding hydrogens is 266 g/mol. The van der Waals surface area contributed by atoms with Crippen molar-refractivity contribution in [1.82, 2.24) is 10.2 Å². The lowest BCUT2D eigenvalue weighted by Gasteiger charge is -2.19. The molecule has 4 nitrogen and oxygen atoms in total. The Hall–Kier alpha value is -1.53. The van der Waals surface area contributed by atoms with Crippen LogP contribution < -0.4 is 5.32 Å². The van der Waals surface area contributed by atoms with Crippen molar-refractivity contribution in [3.8, 4) is 0 Å². The second-order valence-electron chi connectivity index (χ2n) is 4.68. The van der Waals surface area contributed by atoms with E-state index in [2.05, 4.69) is 5.32 Å². The SMILES string of the molecule is COC(=O)C(NCCN(C)C)c1cccc(C(F)F)c1. The van der Waals surface area contributed by atoms with Crippen molar-refractivity contribution in [2.24, 2.45) is 0 Å². The number of likely N-dealkylation sites (N-methyl/N-ethyl adjacent to an activating group) is 1. The Morgan fingerprint density at radius 3 is 2.55 bits per heavy atom. The summed E-state index contributed by atoms with van der Waals surface area (Å²) in [7, 11) is 5.10. The molecule has 6 heteroatoms. The molecule has 0 aliphatic carbocycles. The quantitative estimate of drug-likeness (QED) is 0.778. The monoisotopic (exact) mass is 286 g/mol. The number of ether oxygens (including phenoxy) is 1. The number of methoxy groups -OCH3 is 1. The van der Waals surface area contributed by atoms with Crippen LogP contribution in [0.15, 0.2) is 24.3 Å². The molecule has 0 saturated heterocycles. The Morgan fingerprint density at radius 1 is 1.35 bits per heavy atom. The van der Waals surface area contributed by atoms with E-state index in [1.165, 1.54) is 25.3 Å². The third kappa shape index (κ3) is 4.86. The molecule has 0 spiro atoms. The molecule has 0 bridgehead atoms. The van der Waals surface area contributed by atoms with Crippen LogP contribution in [0, 0.1) is 0 Å². The summed E-state index contributed by atoms with van der Waals surface area (Å²) in [6.45, 7) is 1.27. The molecule has 1 atom stereocenters. The summed E-state index contributed by atoms with van der Waals surface area (Å²) in [6.07, 6.45) is -2.56. The predicted octanol–water partition coefficient (Wildman–Crippen LogP) is 1.99. The third-order valence-electron chi connectivity index (χ3n) is 2.84. The van der Waals surface area contributed by atoms with Gasteiger partial charge in [0.05, 0.1) is 7.11 Å². The number of esters is 1. The number of carbonyl (C=O) groups excluding carboxylic acids is 1.